The van der Waals surface area contributed by atoms with E-state index in [-0.39, 0.29) is 31.4 Å². The summed E-state index contributed by atoms with van der Waals surface area (Å²) in [4.78, 5) is 64.4. The van der Waals surface area contributed by atoms with Gasteiger partial charge in [-0.05, 0) is 44.4 Å². The molecule has 360 valence electrons. The van der Waals surface area contributed by atoms with Gasteiger partial charge in [-0.1, -0.05) is 127 Å². The number of carbonyl (C=O) groups excluding carboxylic acids is 2. The number of rotatable bonds is 40. The van der Waals surface area contributed by atoms with Gasteiger partial charge in [-0.25, -0.2) is 9.13 Å². The zero-order valence-electron chi connectivity index (χ0n) is 36.8. The van der Waals surface area contributed by atoms with Crippen LogP contribution in [0.3, 0.4) is 0 Å². The molecule has 0 aliphatic carbocycles. The number of unbranched alkanes of at least 4 members (excludes halogenated alkanes) is 9. The standard InChI is InChI=1S/C42H75NO16P2S/c1-4-5-6-7-8-9-10-11-12-15-18-21-26-39(38(45)25-23-27-40(46)47)62-33-37(43)42(49)55-31-36(32-58-61(53,54)57-30-35(44)29-56-60(50,51)52)59-41(48)28-22-19-16-13-14-17-20-24-34(2)3/h8-9,11-12,15,18,21,26,34-39,44-45H,4-7,10,13-14,16-17,19-20,22-25,27-33,43H2,1-3H3,(H,46,47)(H,53,54)(H2,50,51,52)/b9-8-,12-11-,18-15+,26-21+/t35-,36+,37-,38-,39+/m0/s1. The second kappa shape index (κ2) is 37.1. The first kappa shape index (κ1) is 59.8. The zero-order valence-corrected chi connectivity index (χ0v) is 39.4. The molecule has 0 heterocycles. The van der Waals surface area contributed by atoms with E-state index in [1.807, 2.05) is 18.2 Å². The topological polar surface area (TPSA) is 279 Å². The van der Waals surface area contributed by atoms with Crippen LogP contribution in [0, 0.1) is 5.92 Å². The number of phosphoric acid groups is 2. The van der Waals surface area contributed by atoms with Crippen molar-refractivity contribution in [2.45, 2.75) is 160 Å². The number of thioether (sulfide) groups is 1. The molecule has 0 aliphatic heterocycles. The minimum Gasteiger partial charge on any atom is -0.481 e. The fourth-order valence-electron chi connectivity index (χ4n) is 5.44. The maximum atomic E-state index is 13.0. The van der Waals surface area contributed by atoms with Crippen LogP contribution in [-0.2, 0) is 46.6 Å². The summed E-state index contributed by atoms with van der Waals surface area (Å²) in [6, 6.07) is -1.22. The molecule has 62 heavy (non-hydrogen) atoms. The summed E-state index contributed by atoms with van der Waals surface area (Å²) in [5.41, 5.74) is 6.14. The predicted molar refractivity (Wildman–Crippen MR) is 240 cm³/mol. The highest BCUT2D eigenvalue weighted by molar-refractivity contribution is 8.00. The summed E-state index contributed by atoms with van der Waals surface area (Å²) >= 11 is 1.16. The molecule has 6 atom stereocenters. The third-order valence-corrected chi connectivity index (χ3v) is 11.7. The highest BCUT2D eigenvalue weighted by Gasteiger charge is 2.29. The van der Waals surface area contributed by atoms with Crippen molar-refractivity contribution in [1.29, 1.82) is 0 Å². The molecule has 0 spiro atoms. The Hall–Kier alpha value is -2.18. The molecule has 20 heteroatoms. The maximum absolute atomic E-state index is 13.0. The van der Waals surface area contributed by atoms with Gasteiger partial charge in [0.15, 0.2) is 6.10 Å². The van der Waals surface area contributed by atoms with Crippen molar-refractivity contribution < 1.29 is 76.6 Å². The van der Waals surface area contributed by atoms with Gasteiger partial charge in [-0.2, -0.15) is 0 Å². The first-order valence-corrected chi connectivity index (χ1v) is 25.7. The minimum absolute atomic E-state index is 0.0234. The zero-order chi connectivity index (χ0) is 46.7. The number of ether oxygens (including phenoxy) is 2. The van der Waals surface area contributed by atoms with Crippen LogP contribution in [0.4, 0.5) is 0 Å². The van der Waals surface area contributed by atoms with Crippen molar-refractivity contribution in [3.05, 3.63) is 48.6 Å². The van der Waals surface area contributed by atoms with Gasteiger partial charge in [-0.3, -0.25) is 28.0 Å². The second-order valence-corrected chi connectivity index (χ2v) is 19.2. The fourth-order valence-corrected chi connectivity index (χ4v) is 7.72. The molecule has 0 aromatic rings. The quantitative estimate of drug-likeness (QED) is 0.0103. The average Bonchev–Trinajstić information content (AvgIpc) is 3.20. The van der Waals surface area contributed by atoms with Crippen LogP contribution in [0.5, 0.6) is 0 Å². The fraction of sp³-hybridized carbons (Fsp3) is 0.738. The summed E-state index contributed by atoms with van der Waals surface area (Å²) in [7, 11) is -9.86. The monoisotopic (exact) mass is 943 g/mol. The van der Waals surface area contributed by atoms with Crippen molar-refractivity contribution in [2.24, 2.45) is 11.7 Å². The lowest BCUT2D eigenvalue weighted by Gasteiger charge is -2.22. The van der Waals surface area contributed by atoms with Gasteiger partial charge >= 0.3 is 33.6 Å². The van der Waals surface area contributed by atoms with E-state index >= 15 is 0 Å². The van der Waals surface area contributed by atoms with Crippen LogP contribution in [0.1, 0.15) is 130 Å². The van der Waals surface area contributed by atoms with Crippen LogP contribution < -0.4 is 5.73 Å². The Morgan fingerprint density at radius 3 is 2.03 bits per heavy atom. The number of carboxylic acid groups (broad SMARTS) is 1. The van der Waals surface area contributed by atoms with Crippen molar-refractivity contribution in [2.75, 3.05) is 32.2 Å². The van der Waals surface area contributed by atoms with E-state index < -0.39 is 89.6 Å². The van der Waals surface area contributed by atoms with E-state index in [0.29, 0.717) is 12.3 Å². The molecule has 0 saturated carbocycles. The Bertz CT molecular complexity index is 1420. The number of allylic oxidation sites excluding steroid dienone is 7. The van der Waals surface area contributed by atoms with Gasteiger partial charge < -0.3 is 45.2 Å². The molecule has 0 rings (SSSR count). The number of aliphatic carboxylic acids is 1. The Balaban J connectivity index is 5.43. The third kappa shape index (κ3) is 38.3. The van der Waals surface area contributed by atoms with Gasteiger partial charge in [0, 0.05) is 23.8 Å². The predicted octanol–water partition coefficient (Wildman–Crippen LogP) is 7.45. The number of aliphatic hydroxyl groups excluding tert-OH is 2. The van der Waals surface area contributed by atoms with Gasteiger partial charge in [0.25, 0.3) is 0 Å². The number of aliphatic hydroxyl groups is 2. The number of phosphoric ester groups is 2. The molecule has 0 amide bonds. The number of esters is 2. The number of hydrogen-bond donors (Lipinski definition) is 7. The lowest BCUT2D eigenvalue weighted by atomic mass is 10.0. The van der Waals surface area contributed by atoms with Crippen LogP contribution in [0.25, 0.3) is 0 Å². The third-order valence-electron chi connectivity index (χ3n) is 8.88. The molecule has 1 unspecified atom stereocenters. The van der Waals surface area contributed by atoms with Crippen molar-refractivity contribution in [1.82, 2.24) is 0 Å². The molecule has 8 N–H and O–H groups in total. The van der Waals surface area contributed by atoms with Crippen molar-refractivity contribution in [3.63, 3.8) is 0 Å². The number of hydrogen-bond acceptors (Lipinski definition) is 14. The summed E-state index contributed by atoms with van der Waals surface area (Å²) in [6.45, 7) is 3.34. The van der Waals surface area contributed by atoms with E-state index in [9.17, 15) is 38.6 Å². The smallest absolute Gasteiger partial charge is 0.472 e. The Kier molecular flexibility index (Phi) is 35.8. The molecule has 17 nitrogen and oxygen atoms in total. The van der Waals surface area contributed by atoms with Crippen LogP contribution in [0.2, 0.25) is 0 Å². The lowest BCUT2D eigenvalue weighted by Crippen LogP contribution is -2.38. The number of carboxylic acids is 1. The first-order chi connectivity index (χ1) is 29.3. The number of carbonyl (C=O) groups is 3. The minimum atomic E-state index is -4.94. The summed E-state index contributed by atoms with van der Waals surface area (Å²) in [6.07, 6.45) is 24.9. The Morgan fingerprint density at radius 1 is 0.726 bits per heavy atom. The van der Waals surface area contributed by atoms with E-state index in [1.54, 1.807) is 18.2 Å². The molecule has 0 fully saturated rings. The van der Waals surface area contributed by atoms with Crippen LogP contribution in [0.15, 0.2) is 48.6 Å². The van der Waals surface area contributed by atoms with Crippen molar-refractivity contribution >= 4 is 45.3 Å². The normalized spacial score (nSPS) is 16.0. The summed E-state index contributed by atoms with van der Waals surface area (Å²) < 4.78 is 47.8. The van der Waals surface area contributed by atoms with E-state index in [2.05, 4.69) is 42.0 Å². The van der Waals surface area contributed by atoms with Crippen LogP contribution in [-0.4, -0.2) is 110 Å². The van der Waals surface area contributed by atoms with Gasteiger partial charge in [0.05, 0.1) is 25.9 Å². The molecule has 0 saturated heterocycles. The Labute approximate surface area is 372 Å². The lowest BCUT2D eigenvalue weighted by molar-refractivity contribution is -0.161. The van der Waals surface area contributed by atoms with Gasteiger partial charge in [0.2, 0.25) is 0 Å². The highest BCUT2D eigenvalue weighted by Crippen LogP contribution is 2.44. The van der Waals surface area contributed by atoms with Gasteiger partial charge in [0.1, 0.15) is 18.8 Å². The van der Waals surface area contributed by atoms with E-state index in [4.69, 9.17) is 34.6 Å². The largest absolute Gasteiger partial charge is 0.481 e. The van der Waals surface area contributed by atoms with Crippen LogP contribution >= 0.6 is 27.4 Å². The SMILES string of the molecule is CCCCC/C=C\C\C=C/C=C/C=C/[C@@H](SC[C@H](N)C(=O)OC[C@H](COP(=O)(O)OC[C@@H](O)COP(=O)(O)O)OC(=O)CCCCCCCCCC(C)C)[C@@H](O)CCCC(=O)O. The molecule has 0 radical (unpaired) electrons. The molecule has 0 bridgehead atoms. The molecule has 0 aliphatic rings. The maximum Gasteiger partial charge on any atom is 0.472 e. The van der Waals surface area contributed by atoms with Gasteiger partial charge in [-0.15, -0.1) is 11.8 Å². The molecular formula is C42H75NO16P2S. The second-order valence-electron chi connectivity index (χ2n) is 15.3. The highest BCUT2D eigenvalue weighted by atomic mass is 32.2. The molecular weight excluding hydrogens is 868 g/mol. The van der Waals surface area contributed by atoms with E-state index in [1.165, 1.54) is 32.1 Å². The number of nitrogens with two attached hydrogens (primary N) is 1. The van der Waals surface area contributed by atoms with Crippen molar-refractivity contribution in [3.8, 4) is 0 Å². The average molecular weight is 944 g/mol. The summed E-state index contributed by atoms with van der Waals surface area (Å²) in [5, 5.41) is 29.1. The summed E-state index contributed by atoms with van der Waals surface area (Å²) in [5.74, 6) is -1.91. The van der Waals surface area contributed by atoms with E-state index in [0.717, 1.165) is 56.7 Å². The molecule has 0 aromatic carbocycles. The molecule has 0 aromatic heterocycles. The first-order valence-electron chi connectivity index (χ1n) is 21.6. The Morgan fingerprint density at radius 2 is 1.37 bits per heavy atom.